The summed E-state index contributed by atoms with van der Waals surface area (Å²) in [6.45, 7) is 1.97. The van der Waals surface area contributed by atoms with E-state index >= 15 is 0 Å². The minimum Gasteiger partial charge on any atom is -0.872 e. The van der Waals surface area contributed by atoms with E-state index in [9.17, 15) is 9.90 Å². The van der Waals surface area contributed by atoms with E-state index in [2.05, 4.69) is 4.74 Å². The van der Waals surface area contributed by atoms with Crippen LogP contribution in [0.1, 0.15) is 12.5 Å². The fourth-order valence-electron chi connectivity index (χ4n) is 0.977. The Kier molecular flexibility index (Phi) is 7.13. The molecular formula is C11H11NaO3. The van der Waals surface area contributed by atoms with E-state index in [0.29, 0.717) is 5.56 Å². The molecule has 1 aromatic carbocycles. The minimum absolute atomic E-state index is 0. The topological polar surface area (TPSA) is 49.4 Å². The van der Waals surface area contributed by atoms with E-state index in [1.807, 2.05) is 0 Å². The third-order valence-corrected chi connectivity index (χ3v) is 1.59. The molecule has 0 aliphatic carbocycles. The maximum Gasteiger partial charge on any atom is 1.00 e. The monoisotopic (exact) mass is 214 g/mol. The number of esters is 1. The van der Waals surface area contributed by atoms with Gasteiger partial charge in [0.25, 0.3) is 0 Å². The van der Waals surface area contributed by atoms with E-state index in [1.165, 1.54) is 0 Å². The molecule has 74 valence electrons. The maximum atomic E-state index is 11.4. The minimum atomic E-state index is -0.596. The predicted molar refractivity (Wildman–Crippen MR) is 51.1 cm³/mol. The molecule has 15 heavy (non-hydrogen) atoms. The van der Waals surface area contributed by atoms with Crippen LogP contribution in [-0.2, 0) is 9.53 Å². The van der Waals surface area contributed by atoms with Gasteiger partial charge >= 0.3 is 35.5 Å². The molecule has 0 aliphatic rings. The van der Waals surface area contributed by atoms with Gasteiger partial charge in [-0.2, -0.15) is 0 Å². The van der Waals surface area contributed by atoms with Crippen molar-refractivity contribution in [2.75, 3.05) is 6.61 Å². The summed E-state index contributed by atoms with van der Waals surface area (Å²) >= 11 is 0. The van der Waals surface area contributed by atoms with E-state index in [4.69, 9.17) is 0 Å². The van der Waals surface area contributed by atoms with Crippen LogP contribution in [0.25, 0.3) is 5.76 Å². The zero-order chi connectivity index (χ0) is 10.4. The molecule has 0 saturated carbocycles. The predicted octanol–water partition coefficient (Wildman–Crippen LogP) is -2.05. The first-order valence-electron chi connectivity index (χ1n) is 4.35. The standard InChI is InChI=1S/C11H12O3.Na/c1-2-14-11(13)8-10(12)9-6-4-3-5-7-9;/h3-8,12H,2H2,1H3;/q;+1/p-1/b10-8-;. The van der Waals surface area contributed by atoms with Crippen molar-refractivity contribution >= 4 is 11.7 Å². The smallest absolute Gasteiger partial charge is 0.872 e. The number of rotatable bonds is 3. The number of carbonyl (C=O) groups is 1. The Morgan fingerprint density at radius 3 is 2.53 bits per heavy atom. The molecule has 0 fully saturated rings. The van der Waals surface area contributed by atoms with Crippen LogP contribution in [0.15, 0.2) is 36.4 Å². The molecule has 4 heteroatoms. The molecule has 0 unspecified atom stereocenters. The number of hydrogen-bond acceptors (Lipinski definition) is 3. The van der Waals surface area contributed by atoms with E-state index in [0.717, 1.165) is 6.08 Å². The van der Waals surface area contributed by atoms with Gasteiger partial charge in [0.05, 0.1) is 6.61 Å². The van der Waals surface area contributed by atoms with Crippen LogP contribution in [0.3, 0.4) is 0 Å². The Morgan fingerprint density at radius 2 is 2.00 bits per heavy atom. The van der Waals surface area contributed by atoms with Crippen molar-refractivity contribution in [2.24, 2.45) is 0 Å². The number of benzene rings is 1. The molecule has 0 atom stereocenters. The number of ether oxygens (including phenoxy) is 1. The molecule has 0 heterocycles. The van der Waals surface area contributed by atoms with Crippen molar-refractivity contribution in [3.05, 3.63) is 42.0 Å². The van der Waals surface area contributed by atoms with Crippen LogP contribution in [-0.4, -0.2) is 12.6 Å². The van der Waals surface area contributed by atoms with Gasteiger partial charge in [0.1, 0.15) is 0 Å². The Hall–Kier alpha value is -0.770. The van der Waals surface area contributed by atoms with Crippen molar-refractivity contribution in [3.8, 4) is 0 Å². The zero-order valence-corrected chi connectivity index (χ0v) is 10.9. The van der Waals surface area contributed by atoms with Gasteiger partial charge in [-0.1, -0.05) is 36.1 Å². The molecule has 0 radical (unpaired) electrons. The van der Waals surface area contributed by atoms with E-state index < -0.39 is 5.97 Å². The summed E-state index contributed by atoms with van der Waals surface area (Å²) in [6, 6.07) is 8.59. The van der Waals surface area contributed by atoms with Gasteiger partial charge in [0, 0.05) is 6.08 Å². The van der Waals surface area contributed by atoms with Crippen molar-refractivity contribution < 1.29 is 44.2 Å². The summed E-state index contributed by atoms with van der Waals surface area (Å²) in [4.78, 5) is 10.9. The first-order valence-corrected chi connectivity index (χ1v) is 4.35. The van der Waals surface area contributed by atoms with Crippen LogP contribution in [0.2, 0.25) is 0 Å². The van der Waals surface area contributed by atoms with Gasteiger partial charge in [-0.15, -0.1) is 0 Å². The summed E-state index contributed by atoms with van der Waals surface area (Å²) in [5, 5.41) is 11.4. The Balaban J connectivity index is 0.00000196. The number of hydrogen-bond donors (Lipinski definition) is 0. The van der Waals surface area contributed by atoms with Gasteiger partial charge in [0.2, 0.25) is 0 Å². The van der Waals surface area contributed by atoms with Crippen LogP contribution >= 0.6 is 0 Å². The van der Waals surface area contributed by atoms with Crippen molar-refractivity contribution in [3.63, 3.8) is 0 Å². The Morgan fingerprint density at radius 1 is 1.40 bits per heavy atom. The third kappa shape index (κ3) is 5.02. The molecule has 3 nitrogen and oxygen atoms in total. The van der Waals surface area contributed by atoms with Gasteiger partial charge < -0.3 is 9.84 Å². The molecule has 0 bridgehead atoms. The van der Waals surface area contributed by atoms with E-state index in [1.54, 1.807) is 37.3 Å². The molecule has 0 spiro atoms. The molecule has 1 aromatic rings. The van der Waals surface area contributed by atoms with Crippen molar-refractivity contribution in [1.29, 1.82) is 0 Å². The third-order valence-electron chi connectivity index (χ3n) is 1.59. The summed E-state index contributed by atoms with van der Waals surface area (Å²) in [7, 11) is 0. The average Bonchev–Trinajstić information content (AvgIpc) is 2.19. The van der Waals surface area contributed by atoms with Gasteiger partial charge in [-0.3, -0.25) is 0 Å². The molecule has 0 saturated heterocycles. The van der Waals surface area contributed by atoms with Gasteiger partial charge in [-0.25, -0.2) is 4.79 Å². The normalized spacial score (nSPS) is 10.3. The van der Waals surface area contributed by atoms with Gasteiger partial charge in [-0.05, 0) is 12.5 Å². The molecule has 0 aromatic heterocycles. The van der Waals surface area contributed by atoms with Crippen molar-refractivity contribution in [1.82, 2.24) is 0 Å². The summed E-state index contributed by atoms with van der Waals surface area (Å²) in [5.74, 6) is -0.926. The van der Waals surface area contributed by atoms with Crippen molar-refractivity contribution in [2.45, 2.75) is 6.92 Å². The molecule has 0 N–H and O–H groups in total. The van der Waals surface area contributed by atoms with Crippen LogP contribution < -0.4 is 34.7 Å². The van der Waals surface area contributed by atoms with Gasteiger partial charge in [0.15, 0.2) is 0 Å². The first-order chi connectivity index (χ1) is 6.74. The molecule has 1 rings (SSSR count). The maximum absolute atomic E-state index is 11.4. The summed E-state index contributed by atoms with van der Waals surface area (Å²) in [6.07, 6.45) is 0.957. The average molecular weight is 214 g/mol. The molecule has 0 aliphatic heterocycles. The second-order valence-electron chi connectivity index (χ2n) is 2.63. The fourth-order valence-corrected chi connectivity index (χ4v) is 0.977. The summed E-state index contributed by atoms with van der Waals surface area (Å²) < 4.78 is 4.62. The largest absolute Gasteiger partial charge is 1.00 e. The fraction of sp³-hybridized carbons (Fsp3) is 0.182. The molecular weight excluding hydrogens is 203 g/mol. The SMILES string of the molecule is CCOC(=O)/C=C(\[O-])c1ccccc1.[Na+]. The van der Waals surface area contributed by atoms with Crippen LogP contribution in [0.5, 0.6) is 0 Å². The van der Waals surface area contributed by atoms with Crippen LogP contribution in [0.4, 0.5) is 0 Å². The number of carbonyl (C=O) groups excluding carboxylic acids is 1. The zero-order valence-electron chi connectivity index (χ0n) is 8.90. The molecule has 0 amide bonds. The Labute approximate surface area is 111 Å². The first kappa shape index (κ1) is 14.2. The van der Waals surface area contributed by atoms with Crippen LogP contribution in [0, 0.1) is 0 Å². The quantitative estimate of drug-likeness (QED) is 0.252. The second-order valence-corrected chi connectivity index (χ2v) is 2.63. The Bertz CT molecular complexity index is 333. The van der Waals surface area contributed by atoms with E-state index in [-0.39, 0.29) is 41.9 Å². The summed E-state index contributed by atoms with van der Waals surface area (Å²) in [5.41, 5.74) is 0.487. The second kappa shape index (κ2) is 7.51.